The minimum absolute atomic E-state index is 0.310. The number of hydrogen-bond acceptors (Lipinski definition) is 6. The maximum absolute atomic E-state index is 5.33. The van der Waals surface area contributed by atoms with E-state index < -0.39 is 24.6 Å². The zero-order chi connectivity index (χ0) is 8.74. The van der Waals surface area contributed by atoms with Crippen LogP contribution < -0.4 is 33.2 Å². The van der Waals surface area contributed by atoms with Crippen molar-refractivity contribution in [3.8, 4) is 0 Å². The quantitative estimate of drug-likeness (QED) is 0.0975. The number of halogens is 1. The molecule has 11 heavy (non-hydrogen) atoms. The SMILES string of the molecule is C=NOC[I-][N+](N)(N)ON=C. The van der Waals surface area contributed by atoms with E-state index in [0.29, 0.717) is 4.61 Å². The topological polar surface area (TPSA) is 95.2 Å². The summed E-state index contributed by atoms with van der Waals surface area (Å²) in [6.07, 6.45) is 0. The van der Waals surface area contributed by atoms with Crippen molar-refractivity contribution >= 4 is 13.4 Å². The van der Waals surface area contributed by atoms with E-state index in [-0.39, 0.29) is 0 Å². The van der Waals surface area contributed by atoms with Crippen LogP contribution in [0.1, 0.15) is 0 Å². The van der Waals surface area contributed by atoms with Crippen LogP contribution in [0.3, 0.4) is 0 Å². The molecule has 0 heterocycles. The molecular weight excluding hydrogens is 265 g/mol. The summed E-state index contributed by atoms with van der Waals surface area (Å²) in [6, 6.07) is 0. The fourth-order valence-electron chi connectivity index (χ4n) is 0.243. The van der Waals surface area contributed by atoms with E-state index in [0.717, 1.165) is 0 Å². The number of quaternary nitrogens is 1. The van der Waals surface area contributed by atoms with Crippen LogP contribution in [0, 0.1) is 0 Å². The molecule has 0 saturated carbocycles. The van der Waals surface area contributed by atoms with Crippen molar-refractivity contribution < 1.29 is 34.3 Å². The Kier molecular flexibility index (Phi) is 5.02. The summed E-state index contributed by atoms with van der Waals surface area (Å²) >= 11 is -0.753. The second kappa shape index (κ2) is 5.23. The van der Waals surface area contributed by atoms with Crippen LogP contribution in [0.4, 0.5) is 0 Å². The van der Waals surface area contributed by atoms with Gasteiger partial charge in [0.1, 0.15) is 0 Å². The van der Waals surface area contributed by atoms with Gasteiger partial charge in [0.2, 0.25) is 0 Å². The van der Waals surface area contributed by atoms with Gasteiger partial charge >= 0.3 is 74.4 Å². The van der Waals surface area contributed by atoms with Crippen LogP contribution in [-0.4, -0.2) is 21.1 Å². The molecule has 0 amide bonds. The molecule has 0 aromatic carbocycles. The minimum atomic E-state index is -0.753. The first kappa shape index (κ1) is 10.6. The van der Waals surface area contributed by atoms with Crippen LogP contribution in [0.25, 0.3) is 0 Å². The number of alkyl halides is 1. The number of nitrogens with zero attached hydrogens (tertiary/aromatic N) is 3. The third-order valence-corrected chi connectivity index (χ3v) is 2.36. The van der Waals surface area contributed by atoms with E-state index in [2.05, 4.69) is 33.5 Å². The summed E-state index contributed by atoms with van der Waals surface area (Å²) in [5, 5.41) is 6.24. The summed E-state index contributed by atoms with van der Waals surface area (Å²) in [4.78, 5) is 9.05. The number of hydrogen-bond donors (Lipinski definition) is 2. The van der Waals surface area contributed by atoms with Crippen LogP contribution in [-0.2, 0) is 9.78 Å². The average Bonchev–Trinajstić information content (AvgIpc) is 1.87. The summed E-state index contributed by atoms with van der Waals surface area (Å²) in [6.45, 7) is 6.17. The second-order valence-corrected chi connectivity index (χ2v) is 4.13. The first-order valence-electron chi connectivity index (χ1n) is 2.42. The molecule has 66 valence electrons. The van der Waals surface area contributed by atoms with Gasteiger partial charge in [0.25, 0.3) is 0 Å². The Balaban J connectivity index is 3.53. The molecule has 8 heteroatoms. The second-order valence-electron chi connectivity index (χ2n) is 1.32. The molecule has 0 aliphatic rings. The van der Waals surface area contributed by atoms with Crippen molar-refractivity contribution in [2.75, 3.05) is 4.61 Å². The van der Waals surface area contributed by atoms with Gasteiger partial charge in [-0.15, -0.1) is 0 Å². The fraction of sp³-hybridized carbons (Fsp3) is 0.333. The van der Waals surface area contributed by atoms with Crippen molar-refractivity contribution in [1.29, 1.82) is 0 Å². The predicted octanol–water partition coefficient (Wildman–Crippen LogP) is -4.31. The van der Waals surface area contributed by atoms with E-state index in [4.69, 9.17) is 11.7 Å². The van der Waals surface area contributed by atoms with Crippen molar-refractivity contribution in [3.05, 3.63) is 0 Å². The summed E-state index contributed by atoms with van der Waals surface area (Å²) in [5.41, 5.74) is 0. The standard InChI is InChI=1S/C3H10IN5O2/c1-7-10-3-4-9(5,6)11-8-2/h1-3,5-6H2. The van der Waals surface area contributed by atoms with E-state index in [9.17, 15) is 0 Å². The third-order valence-electron chi connectivity index (χ3n) is 0.559. The van der Waals surface area contributed by atoms with Crippen LogP contribution in [0.5, 0.6) is 0 Å². The van der Waals surface area contributed by atoms with Gasteiger partial charge in [-0.3, -0.25) is 0 Å². The van der Waals surface area contributed by atoms with E-state index >= 15 is 0 Å². The van der Waals surface area contributed by atoms with E-state index in [1.165, 1.54) is 0 Å². The van der Waals surface area contributed by atoms with E-state index in [1.54, 1.807) is 0 Å². The summed E-state index contributed by atoms with van der Waals surface area (Å²) in [7, 11) is 0. The fourth-order valence-corrected chi connectivity index (χ4v) is 1.25. The normalized spacial score (nSPS) is 10.7. The zero-order valence-corrected chi connectivity index (χ0v) is 7.97. The van der Waals surface area contributed by atoms with Crippen LogP contribution >= 0.6 is 0 Å². The Morgan fingerprint density at radius 1 is 1.36 bits per heavy atom. The zero-order valence-electron chi connectivity index (χ0n) is 5.81. The Hall–Kier alpha value is -0.450. The monoisotopic (exact) mass is 275 g/mol. The molecular formula is C3H10IN5O2. The van der Waals surface area contributed by atoms with Gasteiger partial charge < -0.3 is 0 Å². The maximum atomic E-state index is 5.33. The average molecular weight is 275 g/mol. The van der Waals surface area contributed by atoms with Crippen molar-refractivity contribution in [2.45, 2.75) is 0 Å². The molecule has 0 fully saturated rings. The molecule has 0 aliphatic heterocycles. The number of nitrogens with two attached hydrogens (primary N) is 2. The van der Waals surface area contributed by atoms with Crippen molar-refractivity contribution in [3.63, 3.8) is 0 Å². The molecule has 0 saturated heterocycles. The molecule has 0 aromatic rings. The Morgan fingerprint density at radius 3 is 2.45 bits per heavy atom. The van der Waals surface area contributed by atoms with Gasteiger partial charge in [0.05, 0.1) is 0 Å². The van der Waals surface area contributed by atoms with Gasteiger partial charge in [0, 0.05) is 0 Å². The predicted molar refractivity (Wildman–Crippen MR) is 34.8 cm³/mol. The molecule has 0 unspecified atom stereocenters. The third kappa shape index (κ3) is 5.97. The molecule has 0 spiro atoms. The Labute approximate surface area is 74.7 Å². The molecule has 0 rings (SSSR count). The molecule has 0 aliphatic carbocycles. The van der Waals surface area contributed by atoms with Crippen molar-refractivity contribution in [1.82, 2.24) is 0 Å². The van der Waals surface area contributed by atoms with Gasteiger partial charge in [0.15, 0.2) is 0 Å². The molecule has 7 nitrogen and oxygen atoms in total. The molecule has 0 atom stereocenters. The molecule has 0 bridgehead atoms. The molecule has 4 N–H and O–H groups in total. The van der Waals surface area contributed by atoms with Gasteiger partial charge in [-0.1, -0.05) is 0 Å². The Bertz CT molecular complexity index is 140. The van der Waals surface area contributed by atoms with Crippen LogP contribution in [0.2, 0.25) is 0 Å². The number of rotatable bonds is 6. The molecule has 0 radical (unpaired) electrons. The van der Waals surface area contributed by atoms with E-state index in [1.807, 2.05) is 0 Å². The van der Waals surface area contributed by atoms with Gasteiger partial charge in [-0.2, -0.15) is 0 Å². The van der Waals surface area contributed by atoms with Gasteiger partial charge in [-0.25, -0.2) is 0 Å². The summed E-state index contributed by atoms with van der Waals surface area (Å²) < 4.78 is -0.317. The number of oxime groups is 2. The Morgan fingerprint density at radius 2 is 2.00 bits per heavy atom. The van der Waals surface area contributed by atoms with Gasteiger partial charge in [-0.05, 0) is 0 Å². The van der Waals surface area contributed by atoms with Crippen molar-refractivity contribution in [2.24, 2.45) is 22.0 Å². The first-order chi connectivity index (χ1) is 5.12. The van der Waals surface area contributed by atoms with Crippen LogP contribution in [0.15, 0.2) is 10.3 Å². The summed E-state index contributed by atoms with van der Waals surface area (Å²) in [5.74, 6) is 10.7. The molecule has 0 aromatic heterocycles. The first-order valence-corrected chi connectivity index (χ1v) is 4.91.